The molecule has 132 valence electrons. The first-order valence-electron chi connectivity index (χ1n) is 7.69. The lowest BCUT2D eigenvalue weighted by molar-refractivity contribution is -0.116. The number of carbonyl (C=O) groups excluding carboxylic acids is 2. The SMILES string of the molecule is CCC(Sc1cccc(NC(C)=O)c1)C(=O)Nc1ccc(F)c(Cl)c1. The molecule has 0 bridgehead atoms. The first-order valence-corrected chi connectivity index (χ1v) is 8.95. The Balaban J connectivity index is 2.07. The van der Waals surface area contributed by atoms with Crippen LogP contribution < -0.4 is 10.6 Å². The number of anilines is 2. The minimum absolute atomic E-state index is 0.0403. The molecule has 2 amide bonds. The van der Waals surface area contributed by atoms with Crippen molar-refractivity contribution >= 4 is 46.6 Å². The lowest BCUT2D eigenvalue weighted by Gasteiger charge is -2.15. The van der Waals surface area contributed by atoms with E-state index in [9.17, 15) is 14.0 Å². The van der Waals surface area contributed by atoms with Crippen LogP contribution in [0, 0.1) is 5.82 Å². The van der Waals surface area contributed by atoms with Gasteiger partial charge in [0.1, 0.15) is 5.82 Å². The van der Waals surface area contributed by atoms with Gasteiger partial charge >= 0.3 is 0 Å². The number of halogens is 2. The van der Waals surface area contributed by atoms with Gasteiger partial charge in [-0.3, -0.25) is 9.59 Å². The lowest BCUT2D eigenvalue weighted by Crippen LogP contribution is -2.24. The summed E-state index contributed by atoms with van der Waals surface area (Å²) in [6.07, 6.45) is 0.607. The number of nitrogens with one attached hydrogen (secondary N) is 2. The Labute approximate surface area is 155 Å². The van der Waals surface area contributed by atoms with Gasteiger partial charge in [0, 0.05) is 23.2 Å². The van der Waals surface area contributed by atoms with E-state index in [1.807, 2.05) is 25.1 Å². The minimum atomic E-state index is -0.532. The van der Waals surface area contributed by atoms with Crippen molar-refractivity contribution in [2.75, 3.05) is 10.6 Å². The molecule has 0 aromatic heterocycles. The maximum absolute atomic E-state index is 13.2. The molecule has 0 saturated carbocycles. The van der Waals surface area contributed by atoms with Gasteiger partial charge in [0.2, 0.25) is 11.8 Å². The molecule has 7 heteroatoms. The number of thioether (sulfide) groups is 1. The van der Waals surface area contributed by atoms with Crippen molar-refractivity contribution in [2.45, 2.75) is 30.4 Å². The van der Waals surface area contributed by atoms with Gasteiger partial charge in [0.15, 0.2) is 0 Å². The Morgan fingerprint density at radius 3 is 2.52 bits per heavy atom. The Morgan fingerprint density at radius 1 is 1.16 bits per heavy atom. The molecule has 2 aromatic carbocycles. The Bertz CT molecular complexity index is 785. The van der Waals surface area contributed by atoms with Crippen LogP contribution >= 0.6 is 23.4 Å². The first-order chi connectivity index (χ1) is 11.9. The summed E-state index contributed by atoms with van der Waals surface area (Å²) in [4.78, 5) is 24.5. The predicted octanol–water partition coefficient (Wildman–Crippen LogP) is 4.95. The third-order valence-corrected chi connectivity index (χ3v) is 4.93. The molecular formula is C18H18ClFN2O2S. The van der Waals surface area contributed by atoms with Gasteiger partial charge in [-0.05, 0) is 42.8 Å². The highest BCUT2D eigenvalue weighted by molar-refractivity contribution is 8.00. The summed E-state index contributed by atoms with van der Waals surface area (Å²) in [6, 6.07) is 11.4. The van der Waals surface area contributed by atoms with E-state index in [1.165, 1.54) is 36.9 Å². The highest BCUT2D eigenvalue weighted by Gasteiger charge is 2.18. The van der Waals surface area contributed by atoms with Crippen molar-refractivity contribution in [1.29, 1.82) is 0 Å². The molecule has 0 heterocycles. The molecule has 2 N–H and O–H groups in total. The van der Waals surface area contributed by atoms with E-state index in [1.54, 1.807) is 6.07 Å². The Hall–Kier alpha value is -2.05. The molecule has 0 fully saturated rings. The van der Waals surface area contributed by atoms with E-state index in [0.29, 0.717) is 17.8 Å². The van der Waals surface area contributed by atoms with E-state index in [-0.39, 0.29) is 22.1 Å². The second kappa shape index (κ2) is 8.87. The van der Waals surface area contributed by atoms with Gasteiger partial charge in [-0.2, -0.15) is 0 Å². The van der Waals surface area contributed by atoms with Crippen LogP contribution in [0.3, 0.4) is 0 Å². The van der Waals surface area contributed by atoms with E-state index < -0.39 is 5.82 Å². The topological polar surface area (TPSA) is 58.2 Å². The number of benzene rings is 2. The van der Waals surface area contributed by atoms with Gasteiger partial charge in [-0.1, -0.05) is 24.6 Å². The number of hydrogen-bond donors (Lipinski definition) is 2. The summed E-state index contributed by atoms with van der Waals surface area (Å²) in [5.74, 6) is -0.879. The molecule has 0 radical (unpaired) electrons. The van der Waals surface area contributed by atoms with Gasteiger partial charge in [0.05, 0.1) is 10.3 Å². The number of hydrogen-bond acceptors (Lipinski definition) is 3. The minimum Gasteiger partial charge on any atom is -0.326 e. The number of rotatable bonds is 6. The molecule has 0 aliphatic heterocycles. The molecule has 0 saturated heterocycles. The zero-order chi connectivity index (χ0) is 18.4. The normalized spacial score (nSPS) is 11.7. The Kier molecular flexibility index (Phi) is 6.84. The second-order valence-corrected chi connectivity index (χ2v) is 7.03. The maximum Gasteiger partial charge on any atom is 0.237 e. The van der Waals surface area contributed by atoms with Crippen molar-refractivity contribution < 1.29 is 14.0 Å². The van der Waals surface area contributed by atoms with Crippen LogP contribution in [0.5, 0.6) is 0 Å². The Morgan fingerprint density at radius 2 is 1.88 bits per heavy atom. The quantitative estimate of drug-likeness (QED) is 0.697. The molecular weight excluding hydrogens is 363 g/mol. The van der Waals surface area contributed by atoms with Crippen molar-refractivity contribution in [3.63, 3.8) is 0 Å². The van der Waals surface area contributed by atoms with Crippen molar-refractivity contribution in [3.05, 3.63) is 53.3 Å². The maximum atomic E-state index is 13.2. The van der Waals surface area contributed by atoms with Crippen molar-refractivity contribution in [2.24, 2.45) is 0 Å². The molecule has 2 rings (SSSR count). The van der Waals surface area contributed by atoms with Crippen LogP contribution in [0.25, 0.3) is 0 Å². The van der Waals surface area contributed by atoms with Gasteiger partial charge < -0.3 is 10.6 Å². The third kappa shape index (κ3) is 5.76. The zero-order valence-electron chi connectivity index (χ0n) is 13.8. The summed E-state index contributed by atoms with van der Waals surface area (Å²) in [7, 11) is 0. The molecule has 1 atom stereocenters. The molecule has 0 aliphatic carbocycles. The standard InChI is InChI=1S/C18H18ClFN2O2S/c1-3-17(18(24)22-13-7-8-16(20)15(19)10-13)25-14-6-4-5-12(9-14)21-11(2)23/h4-10,17H,3H2,1-2H3,(H,21,23)(H,22,24). The largest absolute Gasteiger partial charge is 0.326 e. The predicted molar refractivity (Wildman–Crippen MR) is 101 cm³/mol. The molecule has 0 spiro atoms. The molecule has 2 aromatic rings. The summed E-state index contributed by atoms with van der Waals surface area (Å²) in [6.45, 7) is 3.35. The summed E-state index contributed by atoms with van der Waals surface area (Å²) >= 11 is 7.13. The summed E-state index contributed by atoms with van der Waals surface area (Å²) in [5.41, 5.74) is 1.13. The highest BCUT2D eigenvalue weighted by Crippen LogP contribution is 2.29. The van der Waals surface area contributed by atoms with Crippen LogP contribution in [-0.4, -0.2) is 17.1 Å². The number of carbonyl (C=O) groups is 2. The average Bonchev–Trinajstić information content (AvgIpc) is 2.55. The summed E-state index contributed by atoms with van der Waals surface area (Å²) in [5, 5.41) is 5.08. The van der Waals surface area contributed by atoms with Gasteiger partial charge in [-0.15, -0.1) is 11.8 Å². The highest BCUT2D eigenvalue weighted by atomic mass is 35.5. The fourth-order valence-corrected chi connectivity index (χ4v) is 3.33. The summed E-state index contributed by atoms with van der Waals surface area (Å²) < 4.78 is 13.2. The van der Waals surface area contributed by atoms with Gasteiger partial charge in [0.25, 0.3) is 0 Å². The molecule has 0 aliphatic rings. The van der Waals surface area contributed by atoms with Crippen LogP contribution in [0.2, 0.25) is 5.02 Å². The van der Waals surface area contributed by atoms with Crippen LogP contribution in [0.1, 0.15) is 20.3 Å². The number of amides is 2. The van der Waals surface area contributed by atoms with E-state index >= 15 is 0 Å². The monoisotopic (exact) mass is 380 g/mol. The van der Waals surface area contributed by atoms with E-state index in [4.69, 9.17) is 11.6 Å². The molecule has 4 nitrogen and oxygen atoms in total. The second-order valence-electron chi connectivity index (χ2n) is 5.34. The fraction of sp³-hybridized carbons (Fsp3) is 0.222. The smallest absolute Gasteiger partial charge is 0.237 e. The van der Waals surface area contributed by atoms with Crippen LogP contribution in [0.15, 0.2) is 47.4 Å². The van der Waals surface area contributed by atoms with Crippen molar-refractivity contribution in [1.82, 2.24) is 0 Å². The van der Waals surface area contributed by atoms with Gasteiger partial charge in [-0.25, -0.2) is 4.39 Å². The molecule has 25 heavy (non-hydrogen) atoms. The van der Waals surface area contributed by atoms with Crippen LogP contribution in [0.4, 0.5) is 15.8 Å². The molecule has 1 unspecified atom stereocenters. The van der Waals surface area contributed by atoms with Crippen molar-refractivity contribution in [3.8, 4) is 0 Å². The van der Waals surface area contributed by atoms with E-state index in [0.717, 1.165) is 4.90 Å². The van der Waals surface area contributed by atoms with Crippen LogP contribution in [-0.2, 0) is 9.59 Å². The first kappa shape index (κ1) is 19.3. The fourth-order valence-electron chi connectivity index (χ4n) is 2.13. The average molecular weight is 381 g/mol. The third-order valence-electron chi connectivity index (χ3n) is 3.28. The zero-order valence-corrected chi connectivity index (χ0v) is 15.4. The van der Waals surface area contributed by atoms with E-state index in [2.05, 4.69) is 10.6 Å². The lowest BCUT2D eigenvalue weighted by atomic mass is 10.2.